The predicted molar refractivity (Wildman–Crippen MR) is 109 cm³/mol. The molecule has 0 unspecified atom stereocenters. The quantitative estimate of drug-likeness (QED) is 0.768. The van der Waals surface area contributed by atoms with Crippen LogP contribution in [0.2, 0.25) is 0 Å². The second-order valence-electron chi connectivity index (χ2n) is 9.05. The van der Waals surface area contributed by atoms with Gasteiger partial charge in [-0.1, -0.05) is 11.6 Å². The fraction of sp³-hybridized carbons (Fsp3) is 0.682. The summed E-state index contributed by atoms with van der Waals surface area (Å²) in [5.74, 6) is 1.42. The minimum absolute atomic E-state index is 0.0514. The Morgan fingerprint density at radius 1 is 1.34 bits per heavy atom. The molecule has 3 saturated heterocycles. The molecular formula is C22H32N4O3. The highest BCUT2D eigenvalue weighted by atomic mass is 16.3. The van der Waals surface area contributed by atoms with Gasteiger partial charge in [-0.15, -0.1) is 0 Å². The first-order valence-electron chi connectivity index (χ1n) is 10.8. The third-order valence-corrected chi connectivity index (χ3v) is 6.65. The molecule has 2 bridgehead atoms. The Morgan fingerprint density at radius 3 is 2.86 bits per heavy atom. The van der Waals surface area contributed by atoms with E-state index in [1.165, 1.54) is 11.8 Å². The normalized spacial score (nSPS) is 29.3. The molecule has 7 heteroatoms. The summed E-state index contributed by atoms with van der Waals surface area (Å²) in [5, 5.41) is 3.02. The lowest BCUT2D eigenvalue weighted by Gasteiger charge is -2.56. The molecule has 3 fully saturated rings. The number of hydrogen-bond acceptors (Lipinski definition) is 5. The molecule has 1 aromatic heterocycles. The van der Waals surface area contributed by atoms with Crippen molar-refractivity contribution < 1.29 is 14.0 Å². The van der Waals surface area contributed by atoms with Gasteiger partial charge < -0.3 is 14.6 Å². The van der Waals surface area contributed by atoms with Crippen molar-refractivity contribution in [1.29, 1.82) is 0 Å². The van der Waals surface area contributed by atoms with Gasteiger partial charge in [-0.25, -0.2) is 4.98 Å². The molecule has 0 saturated carbocycles. The van der Waals surface area contributed by atoms with Crippen molar-refractivity contribution in [3.8, 4) is 0 Å². The first-order valence-corrected chi connectivity index (χ1v) is 10.8. The van der Waals surface area contributed by atoms with Crippen LogP contribution in [0.3, 0.4) is 0 Å². The monoisotopic (exact) mass is 400 g/mol. The van der Waals surface area contributed by atoms with Gasteiger partial charge in [-0.3, -0.25) is 14.5 Å². The maximum Gasteiger partial charge on any atom is 0.273 e. The average molecular weight is 401 g/mol. The van der Waals surface area contributed by atoms with Gasteiger partial charge in [-0.2, -0.15) is 0 Å². The molecule has 4 rings (SSSR count). The fourth-order valence-electron chi connectivity index (χ4n) is 5.35. The van der Waals surface area contributed by atoms with Crippen LogP contribution in [0.1, 0.15) is 55.9 Å². The van der Waals surface area contributed by atoms with E-state index >= 15 is 0 Å². The molecule has 0 aromatic carbocycles. The molecular weight excluding hydrogens is 368 g/mol. The average Bonchev–Trinajstić information content (AvgIpc) is 3.13. The Hall–Kier alpha value is -2.15. The number of carbonyl (C=O) groups is 2. The molecule has 2 amide bonds. The van der Waals surface area contributed by atoms with E-state index in [4.69, 9.17) is 4.42 Å². The molecule has 0 spiro atoms. The van der Waals surface area contributed by atoms with Gasteiger partial charge >= 0.3 is 0 Å². The van der Waals surface area contributed by atoms with Gasteiger partial charge in [0.05, 0.1) is 6.04 Å². The highest BCUT2D eigenvalue weighted by Crippen LogP contribution is 2.41. The number of amides is 2. The third-order valence-electron chi connectivity index (χ3n) is 6.65. The summed E-state index contributed by atoms with van der Waals surface area (Å²) in [7, 11) is 0. The van der Waals surface area contributed by atoms with Crippen LogP contribution in [0.5, 0.6) is 0 Å². The van der Waals surface area contributed by atoms with Crippen LogP contribution in [-0.4, -0.2) is 64.9 Å². The third kappa shape index (κ3) is 4.25. The highest BCUT2D eigenvalue weighted by molar-refractivity contribution is 5.92. The van der Waals surface area contributed by atoms with Crippen LogP contribution in [0.25, 0.3) is 0 Å². The largest absolute Gasteiger partial charge is 0.448 e. The van der Waals surface area contributed by atoms with E-state index in [0.29, 0.717) is 42.4 Å². The van der Waals surface area contributed by atoms with Crippen LogP contribution in [-0.2, 0) is 4.79 Å². The summed E-state index contributed by atoms with van der Waals surface area (Å²) in [6.45, 7) is 9.46. The Kier molecular flexibility index (Phi) is 5.76. The molecule has 3 aliphatic heterocycles. The summed E-state index contributed by atoms with van der Waals surface area (Å²) < 4.78 is 5.16. The second-order valence-corrected chi connectivity index (χ2v) is 9.05. The predicted octanol–water partition coefficient (Wildman–Crippen LogP) is 2.38. The standard InChI is InChI=1S/C22H32N4O3/c1-14(2)7-8-25-11-16-9-17(12-25)20(26-19(16)5-4-6-21(26)27)10-23-22(28)18-13-29-15(3)24-18/h7,13,16-17,19-20H,4-6,8-12H2,1-3H3,(H,23,28)/t16-,17+,19+,20+/m1/s1. The summed E-state index contributed by atoms with van der Waals surface area (Å²) >= 11 is 0. The minimum atomic E-state index is -0.234. The number of nitrogens with one attached hydrogen (secondary N) is 1. The molecule has 3 aliphatic rings. The first-order chi connectivity index (χ1) is 13.9. The number of oxazole rings is 1. The van der Waals surface area contributed by atoms with Crippen LogP contribution in [0.4, 0.5) is 0 Å². The number of rotatable bonds is 5. The zero-order valence-corrected chi connectivity index (χ0v) is 17.7. The number of nitrogens with zero attached hydrogens (tertiary/aromatic N) is 3. The number of allylic oxidation sites excluding steroid dienone is 1. The van der Waals surface area contributed by atoms with E-state index in [-0.39, 0.29) is 17.9 Å². The summed E-state index contributed by atoms with van der Waals surface area (Å²) in [4.78, 5) is 34.1. The fourth-order valence-corrected chi connectivity index (χ4v) is 5.35. The van der Waals surface area contributed by atoms with Crippen LogP contribution < -0.4 is 5.32 Å². The zero-order valence-electron chi connectivity index (χ0n) is 17.7. The lowest BCUT2D eigenvalue weighted by molar-refractivity contribution is -0.152. The molecule has 0 radical (unpaired) electrons. The highest BCUT2D eigenvalue weighted by Gasteiger charge is 2.49. The van der Waals surface area contributed by atoms with E-state index < -0.39 is 0 Å². The molecule has 7 nitrogen and oxygen atoms in total. The Bertz CT molecular complexity index is 798. The maximum absolute atomic E-state index is 12.8. The summed E-state index contributed by atoms with van der Waals surface area (Å²) in [6, 6.07) is 0.355. The molecule has 4 atom stereocenters. The molecule has 158 valence electrons. The van der Waals surface area contributed by atoms with Crippen LogP contribution >= 0.6 is 0 Å². The van der Waals surface area contributed by atoms with Crippen LogP contribution in [0.15, 0.2) is 22.3 Å². The van der Waals surface area contributed by atoms with Gasteiger partial charge in [0.1, 0.15) is 6.26 Å². The number of aryl methyl sites for hydroxylation is 1. The number of piperidine rings is 3. The van der Waals surface area contributed by atoms with E-state index in [2.05, 4.69) is 40.0 Å². The maximum atomic E-state index is 12.8. The van der Waals surface area contributed by atoms with Gasteiger partial charge in [0.15, 0.2) is 11.6 Å². The Morgan fingerprint density at radius 2 is 2.14 bits per heavy atom. The molecule has 0 aliphatic carbocycles. The smallest absolute Gasteiger partial charge is 0.273 e. The Balaban J connectivity index is 1.50. The van der Waals surface area contributed by atoms with E-state index in [9.17, 15) is 9.59 Å². The SMILES string of the molecule is CC(C)=CCN1C[C@H]2C[C@@H](C1)[C@H](CNC(=O)c1coc(C)n1)N1C(=O)CCC[C@@H]21. The summed E-state index contributed by atoms with van der Waals surface area (Å²) in [5.41, 5.74) is 1.63. The van der Waals surface area contributed by atoms with E-state index in [1.54, 1.807) is 6.92 Å². The van der Waals surface area contributed by atoms with Crippen molar-refractivity contribution in [3.05, 3.63) is 29.5 Å². The topological polar surface area (TPSA) is 78.7 Å². The van der Waals surface area contributed by atoms with Gasteiger partial charge in [-0.05, 0) is 44.9 Å². The first kappa shape index (κ1) is 20.1. The molecule has 29 heavy (non-hydrogen) atoms. The lowest BCUT2D eigenvalue weighted by atomic mass is 9.72. The molecule has 4 heterocycles. The van der Waals surface area contributed by atoms with Gasteiger partial charge in [0.25, 0.3) is 5.91 Å². The van der Waals surface area contributed by atoms with Crippen molar-refractivity contribution >= 4 is 11.8 Å². The van der Waals surface area contributed by atoms with Gasteiger partial charge in [0.2, 0.25) is 5.91 Å². The minimum Gasteiger partial charge on any atom is -0.448 e. The van der Waals surface area contributed by atoms with Crippen molar-refractivity contribution in [2.24, 2.45) is 11.8 Å². The van der Waals surface area contributed by atoms with Crippen molar-refractivity contribution in [3.63, 3.8) is 0 Å². The number of fused-ring (bicyclic) bond motifs is 4. The van der Waals surface area contributed by atoms with Crippen LogP contribution in [0, 0.1) is 18.8 Å². The zero-order chi connectivity index (χ0) is 20.5. The number of carbonyl (C=O) groups excluding carboxylic acids is 2. The number of aromatic nitrogens is 1. The van der Waals surface area contributed by atoms with Crippen molar-refractivity contribution in [2.75, 3.05) is 26.2 Å². The number of hydrogen-bond donors (Lipinski definition) is 1. The molecule has 1 N–H and O–H groups in total. The van der Waals surface area contributed by atoms with E-state index in [1.807, 2.05) is 0 Å². The van der Waals surface area contributed by atoms with Crippen molar-refractivity contribution in [2.45, 2.75) is 58.5 Å². The van der Waals surface area contributed by atoms with Gasteiger partial charge in [0, 0.05) is 45.6 Å². The molecule has 1 aromatic rings. The number of likely N-dealkylation sites (tertiary alicyclic amines) is 1. The Labute approximate surface area is 172 Å². The van der Waals surface area contributed by atoms with Crippen molar-refractivity contribution in [1.82, 2.24) is 20.1 Å². The van der Waals surface area contributed by atoms with E-state index in [0.717, 1.165) is 38.9 Å². The summed E-state index contributed by atoms with van der Waals surface area (Å²) in [6.07, 6.45) is 7.50. The lowest BCUT2D eigenvalue weighted by Crippen LogP contribution is -2.67. The second kappa shape index (κ2) is 8.30.